The Morgan fingerprint density at radius 1 is 1.22 bits per heavy atom. The van der Waals surface area contributed by atoms with E-state index < -0.39 is 0 Å². The summed E-state index contributed by atoms with van der Waals surface area (Å²) in [6.45, 7) is 5.26. The van der Waals surface area contributed by atoms with Gasteiger partial charge in [0.25, 0.3) is 0 Å². The molecule has 0 aromatic carbocycles. The summed E-state index contributed by atoms with van der Waals surface area (Å²) in [6, 6.07) is 0.955. The predicted molar refractivity (Wildman–Crippen MR) is 74.6 cm³/mol. The fraction of sp³-hybridized carbons (Fsp3) is 0.714. The van der Waals surface area contributed by atoms with E-state index in [0.717, 1.165) is 37.3 Å². The number of nitrogens with two attached hydrogens (primary N) is 1. The Hall–Kier alpha value is -1.16. The standard InChI is InChI=1S/C14H24N4/c1-3-8-18(13-6-4-12(15)5-7-13)14-16-9-11(2)10-17-14/h9-10,12-13H,3-8,15H2,1-2H3. The van der Waals surface area contributed by atoms with E-state index in [4.69, 9.17) is 5.73 Å². The molecule has 2 N–H and O–H groups in total. The van der Waals surface area contributed by atoms with Crippen LogP contribution in [0.5, 0.6) is 0 Å². The maximum absolute atomic E-state index is 5.98. The largest absolute Gasteiger partial charge is 0.338 e. The lowest BCUT2D eigenvalue weighted by Crippen LogP contribution is -2.42. The van der Waals surface area contributed by atoms with Crippen molar-refractivity contribution in [2.24, 2.45) is 5.73 Å². The Kier molecular flexibility index (Phi) is 4.53. The van der Waals surface area contributed by atoms with Crippen LogP contribution < -0.4 is 10.6 Å². The minimum atomic E-state index is 0.392. The molecule has 1 heterocycles. The van der Waals surface area contributed by atoms with Crippen LogP contribution in [0, 0.1) is 6.92 Å². The van der Waals surface area contributed by atoms with Gasteiger partial charge in [0.05, 0.1) is 0 Å². The Balaban J connectivity index is 2.09. The van der Waals surface area contributed by atoms with Gasteiger partial charge >= 0.3 is 0 Å². The molecule has 2 rings (SSSR count). The summed E-state index contributed by atoms with van der Waals surface area (Å²) in [5.74, 6) is 0.878. The lowest BCUT2D eigenvalue weighted by atomic mass is 9.91. The molecule has 1 aromatic heterocycles. The van der Waals surface area contributed by atoms with Gasteiger partial charge in [0.15, 0.2) is 0 Å². The molecule has 0 radical (unpaired) electrons. The van der Waals surface area contributed by atoms with E-state index in [1.165, 1.54) is 12.8 Å². The molecule has 0 saturated heterocycles. The van der Waals surface area contributed by atoms with E-state index in [2.05, 4.69) is 21.8 Å². The highest BCUT2D eigenvalue weighted by Gasteiger charge is 2.25. The molecule has 1 fully saturated rings. The molecule has 1 saturated carbocycles. The first-order valence-electron chi connectivity index (χ1n) is 7.01. The van der Waals surface area contributed by atoms with Crippen LogP contribution in [0.2, 0.25) is 0 Å². The fourth-order valence-electron chi connectivity index (χ4n) is 2.63. The number of aromatic nitrogens is 2. The van der Waals surface area contributed by atoms with E-state index in [0.29, 0.717) is 12.1 Å². The van der Waals surface area contributed by atoms with Crippen LogP contribution in [0.1, 0.15) is 44.6 Å². The molecule has 4 nitrogen and oxygen atoms in total. The average Bonchev–Trinajstić information content (AvgIpc) is 2.39. The third-order valence-electron chi connectivity index (χ3n) is 3.67. The van der Waals surface area contributed by atoms with Crippen LogP contribution in [0.25, 0.3) is 0 Å². The molecule has 0 unspecified atom stereocenters. The summed E-state index contributed by atoms with van der Waals surface area (Å²) < 4.78 is 0. The lowest BCUT2D eigenvalue weighted by molar-refractivity contribution is 0.372. The van der Waals surface area contributed by atoms with Gasteiger partial charge in [0.1, 0.15) is 0 Å². The summed E-state index contributed by atoms with van der Waals surface area (Å²) in [5, 5.41) is 0. The molecular weight excluding hydrogens is 224 g/mol. The van der Waals surface area contributed by atoms with Gasteiger partial charge in [-0.15, -0.1) is 0 Å². The summed E-state index contributed by atoms with van der Waals surface area (Å²) in [5.41, 5.74) is 7.09. The van der Waals surface area contributed by atoms with Crippen molar-refractivity contribution in [2.45, 2.75) is 58.0 Å². The highest BCUT2D eigenvalue weighted by atomic mass is 15.3. The van der Waals surface area contributed by atoms with E-state index in [-0.39, 0.29) is 0 Å². The number of anilines is 1. The molecule has 1 aromatic rings. The summed E-state index contributed by atoms with van der Waals surface area (Å²) in [7, 11) is 0. The molecule has 0 amide bonds. The maximum atomic E-state index is 5.98. The molecule has 1 aliphatic rings. The van der Waals surface area contributed by atoms with Gasteiger partial charge in [0.2, 0.25) is 5.95 Å². The van der Waals surface area contributed by atoms with Crippen molar-refractivity contribution in [3.8, 4) is 0 Å². The first kappa shape index (κ1) is 13.3. The van der Waals surface area contributed by atoms with Crippen molar-refractivity contribution in [1.82, 2.24) is 9.97 Å². The van der Waals surface area contributed by atoms with Gasteiger partial charge in [-0.25, -0.2) is 9.97 Å². The number of aryl methyl sites for hydroxylation is 1. The molecular formula is C14H24N4. The number of rotatable bonds is 4. The first-order valence-corrected chi connectivity index (χ1v) is 7.01. The second-order valence-corrected chi connectivity index (χ2v) is 5.32. The molecule has 0 bridgehead atoms. The van der Waals surface area contributed by atoms with Gasteiger partial charge in [-0.2, -0.15) is 0 Å². The highest BCUT2D eigenvalue weighted by molar-refractivity contribution is 5.31. The Morgan fingerprint density at radius 2 is 1.83 bits per heavy atom. The quantitative estimate of drug-likeness (QED) is 0.888. The Labute approximate surface area is 110 Å². The zero-order chi connectivity index (χ0) is 13.0. The molecule has 1 aliphatic carbocycles. The Morgan fingerprint density at radius 3 is 2.39 bits per heavy atom. The first-order chi connectivity index (χ1) is 8.70. The minimum absolute atomic E-state index is 0.392. The summed E-state index contributed by atoms with van der Waals surface area (Å²) >= 11 is 0. The van der Waals surface area contributed by atoms with Gasteiger partial charge in [0, 0.05) is 31.0 Å². The van der Waals surface area contributed by atoms with E-state index in [1.807, 2.05) is 19.3 Å². The third kappa shape index (κ3) is 3.19. The molecule has 0 atom stereocenters. The normalized spacial score (nSPS) is 23.9. The van der Waals surface area contributed by atoms with Crippen LogP contribution in [-0.4, -0.2) is 28.6 Å². The second-order valence-electron chi connectivity index (χ2n) is 5.32. The van der Waals surface area contributed by atoms with Crippen LogP contribution >= 0.6 is 0 Å². The average molecular weight is 248 g/mol. The van der Waals surface area contributed by atoms with E-state index >= 15 is 0 Å². The number of nitrogens with zero attached hydrogens (tertiary/aromatic N) is 3. The minimum Gasteiger partial charge on any atom is -0.338 e. The molecule has 18 heavy (non-hydrogen) atoms. The molecule has 100 valence electrons. The van der Waals surface area contributed by atoms with Crippen molar-refractivity contribution in [3.05, 3.63) is 18.0 Å². The van der Waals surface area contributed by atoms with E-state index in [9.17, 15) is 0 Å². The highest BCUT2D eigenvalue weighted by Crippen LogP contribution is 2.25. The number of hydrogen-bond donors (Lipinski definition) is 1. The zero-order valence-corrected chi connectivity index (χ0v) is 11.5. The topological polar surface area (TPSA) is 55.0 Å². The van der Waals surface area contributed by atoms with Crippen molar-refractivity contribution in [3.63, 3.8) is 0 Å². The SMILES string of the molecule is CCCN(c1ncc(C)cn1)C1CCC(N)CC1. The van der Waals surface area contributed by atoms with Gasteiger partial charge in [-0.05, 0) is 44.6 Å². The smallest absolute Gasteiger partial charge is 0.225 e. The van der Waals surface area contributed by atoms with Crippen molar-refractivity contribution < 1.29 is 0 Å². The van der Waals surface area contributed by atoms with Crippen molar-refractivity contribution in [1.29, 1.82) is 0 Å². The van der Waals surface area contributed by atoms with Crippen LogP contribution in [0.3, 0.4) is 0 Å². The summed E-state index contributed by atoms with van der Waals surface area (Å²) in [4.78, 5) is 11.3. The predicted octanol–water partition coefficient (Wildman–Crippen LogP) is 2.27. The third-order valence-corrected chi connectivity index (χ3v) is 3.67. The van der Waals surface area contributed by atoms with Crippen molar-refractivity contribution in [2.75, 3.05) is 11.4 Å². The lowest BCUT2D eigenvalue weighted by Gasteiger charge is -2.36. The molecule has 0 spiro atoms. The zero-order valence-electron chi connectivity index (χ0n) is 11.5. The van der Waals surface area contributed by atoms with E-state index in [1.54, 1.807) is 0 Å². The molecule has 4 heteroatoms. The van der Waals surface area contributed by atoms with Crippen LogP contribution in [0.4, 0.5) is 5.95 Å². The van der Waals surface area contributed by atoms with Gasteiger partial charge in [-0.3, -0.25) is 0 Å². The Bertz CT molecular complexity index is 355. The number of hydrogen-bond acceptors (Lipinski definition) is 4. The monoisotopic (exact) mass is 248 g/mol. The summed E-state index contributed by atoms with van der Waals surface area (Å²) in [6.07, 6.45) is 9.50. The van der Waals surface area contributed by atoms with Gasteiger partial charge in [-0.1, -0.05) is 6.92 Å². The second kappa shape index (κ2) is 6.14. The van der Waals surface area contributed by atoms with Gasteiger partial charge < -0.3 is 10.6 Å². The van der Waals surface area contributed by atoms with Crippen molar-refractivity contribution >= 4 is 5.95 Å². The van der Waals surface area contributed by atoms with Crippen LogP contribution in [-0.2, 0) is 0 Å². The fourth-order valence-corrected chi connectivity index (χ4v) is 2.63. The molecule has 0 aliphatic heterocycles. The maximum Gasteiger partial charge on any atom is 0.225 e. The van der Waals surface area contributed by atoms with Crippen LogP contribution in [0.15, 0.2) is 12.4 Å².